The Bertz CT molecular complexity index is 669. The van der Waals surface area contributed by atoms with Crippen molar-refractivity contribution in [2.45, 2.75) is 63.7 Å². The Morgan fingerprint density at radius 1 is 1.13 bits per heavy atom. The number of hydrogen-bond donors (Lipinski definition) is 6. The van der Waals surface area contributed by atoms with Crippen molar-refractivity contribution in [2.75, 3.05) is 13.2 Å². The van der Waals surface area contributed by atoms with Crippen molar-refractivity contribution in [3.8, 4) is 0 Å². The molecule has 1 heterocycles. The summed E-state index contributed by atoms with van der Waals surface area (Å²) in [7, 11) is 0. The second-order valence-electron chi connectivity index (χ2n) is 7.54. The van der Waals surface area contributed by atoms with Gasteiger partial charge in [-0.1, -0.05) is 13.8 Å². The molecule has 30 heavy (non-hydrogen) atoms. The van der Waals surface area contributed by atoms with E-state index in [9.17, 15) is 29.1 Å². The van der Waals surface area contributed by atoms with Gasteiger partial charge >= 0.3 is 11.9 Å². The number of amides is 3. The lowest BCUT2D eigenvalue weighted by Crippen LogP contribution is -2.57. The van der Waals surface area contributed by atoms with Crippen LogP contribution in [-0.4, -0.2) is 87.2 Å². The summed E-state index contributed by atoms with van der Waals surface area (Å²) in [6.07, 6.45) is 0.143. The third-order valence-electron chi connectivity index (χ3n) is 4.86. The second-order valence-corrected chi connectivity index (χ2v) is 7.54. The van der Waals surface area contributed by atoms with Gasteiger partial charge < -0.3 is 36.6 Å². The van der Waals surface area contributed by atoms with Crippen LogP contribution in [0.5, 0.6) is 0 Å². The summed E-state index contributed by atoms with van der Waals surface area (Å²) in [6, 6.07) is -4.60. The van der Waals surface area contributed by atoms with Crippen molar-refractivity contribution in [3.05, 3.63) is 0 Å². The van der Waals surface area contributed by atoms with Gasteiger partial charge in [-0.25, -0.2) is 4.79 Å². The molecule has 1 fully saturated rings. The van der Waals surface area contributed by atoms with Crippen LogP contribution in [0.25, 0.3) is 0 Å². The van der Waals surface area contributed by atoms with Crippen molar-refractivity contribution in [1.29, 1.82) is 0 Å². The molecule has 7 N–H and O–H groups in total. The zero-order valence-electron chi connectivity index (χ0n) is 17.0. The van der Waals surface area contributed by atoms with Gasteiger partial charge in [0.1, 0.15) is 24.2 Å². The van der Waals surface area contributed by atoms with Crippen LogP contribution in [-0.2, 0) is 24.0 Å². The highest BCUT2D eigenvalue weighted by Crippen LogP contribution is 2.19. The van der Waals surface area contributed by atoms with Gasteiger partial charge in [0.05, 0.1) is 6.61 Å². The topological polar surface area (TPSA) is 199 Å². The van der Waals surface area contributed by atoms with E-state index in [0.717, 1.165) is 0 Å². The molecule has 0 aromatic heterocycles. The molecular weight excluding hydrogens is 400 g/mol. The second kappa shape index (κ2) is 11.5. The van der Waals surface area contributed by atoms with Gasteiger partial charge in [0.25, 0.3) is 0 Å². The van der Waals surface area contributed by atoms with Crippen molar-refractivity contribution >= 4 is 29.7 Å². The molecular formula is C18H30N4O8. The number of nitrogens with zero attached hydrogens (tertiary/aromatic N) is 1. The fourth-order valence-corrected chi connectivity index (χ4v) is 3.17. The van der Waals surface area contributed by atoms with E-state index in [2.05, 4.69) is 10.6 Å². The Morgan fingerprint density at radius 2 is 1.77 bits per heavy atom. The summed E-state index contributed by atoms with van der Waals surface area (Å²) in [5.41, 5.74) is 5.54. The van der Waals surface area contributed by atoms with Gasteiger partial charge in [0.15, 0.2) is 0 Å². The van der Waals surface area contributed by atoms with E-state index in [4.69, 9.17) is 15.9 Å². The van der Waals surface area contributed by atoms with Crippen molar-refractivity contribution < 1.29 is 39.3 Å². The standard InChI is InChI=1S/C18H30N4O8/c1-9(2)14(18(29)30)21-15(26)11(5-6-13(24)25)20-16(27)12-4-3-7-22(12)17(28)10(19)8-23/h9-12,14,23H,3-8,19H2,1-2H3,(H,20,27)(H,21,26)(H,24,25)(H,29,30). The maximum Gasteiger partial charge on any atom is 0.326 e. The Balaban J connectivity index is 2.93. The number of hydrogen-bond acceptors (Lipinski definition) is 7. The summed E-state index contributed by atoms with van der Waals surface area (Å²) < 4.78 is 0. The third-order valence-corrected chi connectivity index (χ3v) is 4.86. The Kier molecular flexibility index (Phi) is 9.66. The van der Waals surface area contributed by atoms with Gasteiger partial charge in [-0.05, 0) is 25.2 Å². The molecule has 0 aromatic carbocycles. The van der Waals surface area contributed by atoms with Crippen LogP contribution in [0.3, 0.4) is 0 Å². The molecule has 4 unspecified atom stereocenters. The molecule has 1 aliphatic heterocycles. The Morgan fingerprint density at radius 3 is 2.27 bits per heavy atom. The minimum atomic E-state index is -1.29. The number of carbonyl (C=O) groups is 5. The minimum Gasteiger partial charge on any atom is -0.481 e. The van der Waals surface area contributed by atoms with E-state index in [1.165, 1.54) is 4.90 Å². The monoisotopic (exact) mass is 430 g/mol. The average Bonchev–Trinajstić information content (AvgIpc) is 3.16. The summed E-state index contributed by atoms with van der Waals surface area (Å²) >= 11 is 0. The molecule has 4 atom stereocenters. The van der Waals surface area contributed by atoms with Crippen molar-refractivity contribution in [1.82, 2.24) is 15.5 Å². The highest BCUT2D eigenvalue weighted by atomic mass is 16.4. The fourth-order valence-electron chi connectivity index (χ4n) is 3.17. The van der Waals surface area contributed by atoms with Crippen LogP contribution >= 0.6 is 0 Å². The predicted octanol–water partition coefficient (Wildman–Crippen LogP) is -2.13. The maximum absolute atomic E-state index is 12.7. The number of rotatable bonds is 11. The molecule has 170 valence electrons. The predicted molar refractivity (Wildman–Crippen MR) is 103 cm³/mol. The maximum atomic E-state index is 12.7. The number of likely N-dealkylation sites (tertiary alicyclic amines) is 1. The van der Waals surface area contributed by atoms with Crippen molar-refractivity contribution in [3.63, 3.8) is 0 Å². The number of nitrogens with one attached hydrogen (secondary N) is 2. The van der Waals surface area contributed by atoms with E-state index in [1.54, 1.807) is 13.8 Å². The van der Waals surface area contributed by atoms with E-state index < -0.39 is 72.8 Å². The number of aliphatic carboxylic acids is 2. The molecule has 0 radical (unpaired) electrons. The lowest BCUT2D eigenvalue weighted by Gasteiger charge is -2.28. The first kappa shape index (κ1) is 25.3. The summed E-state index contributed by atoms with van der Waals surface area (Å²) in [6.45, 7) is 2.86. The first-order valence-electron chi connectivity index (χ1n) is 9.71. The molecule has 12 nitrogen and oxygen atoms in total. The van der Waals surface area contributed by atoms with Crippen LogP contribution in [0.2, 0.25) is 0 Å². The van der Waals surface area contributed by atoms with Crippen LogP contribution in [0.1, 0.15) is 39.5 Å². The van der Waals surface area contributed by atoms with Gasteiger partial charge in [-0.15, -0.1) is 0 Å². The highest BCUT2D eigenvalue weighted by Gasteiger charge is 2.38. The number of carboxylic acid groups (broad SMARTS) is 2. The van der Waals surface area contributed by atoms with Gasteiger partial charge in [-0.3, -0.25) is 19.2 Å². The normalized spacial score (nSPS) is 19.1. The van der Waals surface area contributed by atoms with Gasteiger partial charge in [0.2, 0.25) is 17.7 Å². The highest BCUT2D eigenvalue weighted by molar-refractivity contribution is 5.94. The summed E-state index contributed by atoms with van der Waals surface area (Å²) in [5.74, 6) is -4.99. The SMILES string of the molecule is CC(C)C(NC(=O)C(CCC(=O)O)NC(=O)C1CCCN1C(=O)C(N)CO)C(=O)O. The largest absolute Gasteiger partial charge is 0.481 e. The number of carboxylic acids is 2. The zero-order valence-corrected chi connectivity index (χ0v) is 17.0. The van der Waals surface area contributed by atoms with Crippen LogP contribution < -0.4 is 16.4 Å². The molecule has 1 rings (SSSR count). The number of aliphatic hydroxyl groups excluding tert-OH is 1. The number of nitrogens with two attached hydrogens (primary N) is 1. The molecule has 0 bridgehead atoms. The summed E-state index contributed by atoms with van der Waals surface area (Å²) in [5, 5.41) is 32.0. The Hall–Kier alpha value is -2.73. The lowest BCUT2D eigenvalue weighted by atomic mass is 10.0. The smallest absolute Gasteiger partial charge is 0.326 e. The lowest BCUT2D eigenvalue weighted by molar-refractivity contribution is -0.144. The molecule has 0 spiro atoms. The van der Waals surface area contributed by atoms with E-state index in [0.29, 0.717) is 12.8 Å². The first-order chi connectivity index (χ1) is 14.0. The molecule has 1 saturated heterocycles. The van der Waals surface area contributed by atoms with Crippen LogP contribution in [0.15, 0.2) is 0 Å². The molecule has 0 aliphatic carbocycles. The fraction of sp³-hybridized carbons (Fsp3) is 0.722. The molecule has 0 saturated carbocycles. The summed E-state index contributed by atoms with van der Waals surface area (Å²) in [4.78, 5) is 61.1. The van der Waals surface area contributed by atoms with E-state index in [-0.39, 0.29) is 13.0 Å². The number of carbonyl (C=O) groups excluding carboxylic acids is 3. The van der Waals surface area contributed by atoms with Crippen LogP contribution in [0.4, 0.5) is 0 Å². The van der Waals surface area contributed by atoms with Gasteiger partial charge in [0, 0.05) is 13.0 Å². The van der Waals surface area contributed by atoms with Crippen molar-refractivity contribution in [2.24, 2.45) is 11.7 Å². The first-order valence-corrected chi connectivity index (χ1v) is 9.71. The molecule has 3 amide bonds. The molecule has 1 aliphatic rings. The van der Waals surface area contributed by atoms with Crippen LogP contribution in [0, 0.1) is 5.92 Å². The van der Waals surface area contributed by atoms with Gasteiger partial charge in [-0.2, -0.15) is 0 Å². The quantitative estimate of drug-likeness (QED) is 0.212. The molecule has 0 aromatic rings. The Labute approximate surface area is 173 Å². The minimum absolute atomic E-state index is 0.255. The van der Waals surface area contributed by atoms with E-state index >= 15 is 0 Å². The van der Waals surface area contributed by atoms with E-state index in [1.807, 2.05) is 0 Å². The third kappa shape index (κ3) is 6.95. The average molecular weight is 430 g/mol. The molecule has 12 heteroatoms. The number of aliphatic hydroxyl groups is 1. The zero-order chi connectivity index (χ0) is 23.0.